The SMILES string of the molecule is [N-]=[N+]=NCO[C@@H]1C[C@H](n2cnc3c(=O)[nH]c(N)nc32)O[C@@H]1COP(=O)([O-])OP(=O)([O-])OP(=O)([O-])O.[N-]=[N+]=NCO[C@@H]1C[C@H](n2cnc3c(N)ncnc32)O[C@@H]1COP(=O)([O-])OP(=O)([O-])OP(=O)([O-])O. The second kappa shape index (κ2) is 22.5. The molecule has 382 valence electrons. The largest absolute Gasteiger partial charge is 0.756 e. The van der Waals surface area contributed by atoms with E-state index in [-0.39, 0.29) is 46.9 Å². The molecule has 47 heteroatoms. The lowest BCUT2D eigenvalue weighted by molar-refractivity contribution is -0.254. The monoisotopic (exact) mass is 1100 g/mol. The minimum absolute atomic E-state index is 0.0138. The molecule has 6 unspecified atom stereocenters. The normalized spacial score (nSPS) is 25.6. The number of nitrogens with two attached hydrogens (primary N) is 2. The van der Waals surface area contributed by atoms with Crippen LogP contribution in [0.3, 0.4) is 0 Å². The average Bonchev–Trinajstić information content (AvgIpc) is 3.99. The van der Waals surface area contributed by atoms with E-state index in [1.165, 1.54) is 28.1 Å². The fourth-order valence-corrected chi connectivity index (χ4v) is 11.6. The molecule has 6 rings (SSSR count). The zero-order chi connectivity index (χ0) is 51.2. The van der Waals surface area contributed by atoms with E-state index >= 15 is 0 Å². The van der Waals surface area contributed by atoms with Gasteiger partial charge < -0.3 is 78.6 Å². The van der Waals surface area contributed by atoms with Gasteiger partial charge in [-0.25, -0.2) is 37.2 Å². The average molecular weight is 1100 g/mol. The van der Waals surface area contributed by atoms with E-state index in [1.807, 2.05) is 0 Å². The number of fused-ring (bicyclic) bond motifs is 2. The van der Waals surface area contributed by atoms with Crippen LogP contribution in [-0.4, -0.2) is 99.9 Å². The number of rotatable bonds is 22. The van der Waals surface area contributed by atoms with E-state index < -0.39 is 116 Å². The molecule has 0 saturated carbocycles. The van der Waals surface area contributed by atoms with Crippen LogP contribution in [-0.2, 0) is 72.6 Å². The highest BCUT2D eigenvalue weighted by atomic mass is 31.3. The van der Waals surface area contributed by atoms with Crippen molar-refractivity contribution in [2.45, 2.75) is 49.7 Å². The van der Waals surface area contributed by atoms with Gasteiger partial charge in [-0.3, -0.25) is 46.3 Å². The Morgan fingerprint density at radius 1 is 0.710 bits per heavy atom. The summed E-state index contributed by atoms with van der Waals surface area (Å²) in [6.07, 6.45) is -2.58. The number of phosphoric ester groups is 2. The third kappa shape index (κ3) is 16.4. The highest BCUT2D eigenvalue weighted by Crippen LogP contribution is 2.62. The summed E-state index contributed by atoms with van der Waals surface area (Å²) in [4.78, 5) is 123. The Hall–Kier alpha value is -4.22. The number of nitrogen functional groups attached to an aromatic ring is 2. The number of aromatic nitrogens is 8. The molecule has 41 nitrogen and oxygen atoms in total. The van der Waals surface area contributed by atoms with E-state index in [0.717, 1.165) is 0 Å². The summed E-state index contributed by atoms with van der Waals surface area (Å²) in [5.74, 6) is -0.130. The number of H-pyrrole nitrogens is 1. The van der Waals surface area contributed by atoms with Gasteiger partial charge >= 0.3 is 0 Å². The Morgan fingerprint density at radius 3 is 1.61 bits per heavy atom. The first-order valence-corrected chi connectivity index (χ1v) is 26.5. The molecule has 2 aliphatic heterocycles. The standard InChI is InChI=1S/C11H17N8O13P3.C11H17N8O12P3/c12-11-16-9-8(10(20)17-11)14-3-19(9)7-1-5(28-4-15-18-13)6(30-7)2-29-34(24,25)32-35(26,27)31-33(21,22)23;12-10-9-11(15-3-14-10)19(4-16-9)8-1-6(27-5-17-18-13)7(29-8)2-28-33(23,24)31-34(25,26)30-32(20,21)22/h3,5-7H,1-2,4H2,(H,24,25)(H,26,27)(H2,21,22,23)(H3,12,16,17,20);3-4,6-8H,1-2,5H2,(H,23,24)(H,25,26)(H2,12,14,15)(H2,20,21,22)/p-6/t5-,6-,7-;6-,7-,8-/m11/s1. The predicted octanol–water partition coefficient (Wildman–Crippen LogP) is -3.11. The molecule has 0 bridgehead atoms. The van der Waals surface area contributed by atoms with Crippen LogP contribution in [0.15, 0.2) is 34.0 Å². The Labute approximate surface area is 379 Å². The van der Waals surface area contributed by atoms with Crippen molar-refractivity contribution in [3.8, 4) is 0 Å². The van der Waals surface area contributed by atoms with Crippen LogP contribution in [0.25, 0.3) is 43.2 Å². The minimum atomic E-state index is -6.09. The number of hydrogen-bond acceptors (Lipinski definition) is 32. The van der Waals surface area contributed by atoms with Crippen LogP contribution >= 0.6 is 46.9 Å². The second-order valence-corrected chi connectivity index (χ2v) is 21.4. The van der Waals surface area contributed by atoms with E-state index in [2.05, 4.69) is 76.2 Å². The van der Waals surface area contributed by atoms with E-state index in [9.17, 15) is 61.5 Å². The first-order chi connectivity index (χ1) is 32.0. The first-order valence-electron chi connectivity index (χ1n) is 17.7. The topological polar surface area (TPSA) is 630 Å². The van der Waals surface area contributed by atoms with Crippen molar-refractivity contribution >= 4 is 81.0 Å². The molecule has 2 saturated heterocycles. The maximum atomic E-state index is 12.0. The Bertz CT molecular complexity index is 2950. The summed E-state index contributed by atoms with van der Waals surface area (Å²) in [5, 5.41) is 6.38. The second-order valence-electron chi connectivity index (χ2n) is 12.9. The molecule has 4 aromatic rings. The third-order valence-corrected chi connectivity index (χ3v) is 15.6. The van der Waals surface area contributed by atoms with Crippen LogP contribution < -0.4 is 46.4 Å². The number of imidazole rings is 2. The highest BCUT2D eigenvalue weighted by molar-refractivity contribution is 7.65. The molecule has 0 spiro atoms. The van der Waals surface area contributed by atoms with Gasteiger partial charge in [0.25, 0.3) is 52.5 Å². The summed E-state index contributed by atoms with van der Waals surface area (Å²) in [6, 6.07) is 0. The van der Waals surface area contributed by atoms with Gasteiger partial charge in [-0.05, 0) is 11.1 Å². The Balaban J connectivity index is 0.000000258. The summed E-state index contributed by atoms with van der Waals surface area (Å²) in [6.45, 7) is -2.78. The molecule has 7 N–H and O–H groups in total. The van der Waals surface area contributed by atoms with Crippen molar-refractivity contribution in [1.82, 2.24) is 39.0 Å². The molecule has 6 heterocycles. The van der Waals surface area contributed by atoms with Crippen LogP contribution in [0.5, 0.6) is 0 Å². The number of azide groups is 2. The fourth-order valence-electron chi connectivity index (χ4n) is 5.84. The molecule has 0 amide bonds. The lowest BCUT2D eigenvalue weighted by Crippen LogP contribution is -2.30. The van der Waals surface area contributed by atoms with Gasteiger partial charge in [0.1, 0.15) is 50.0 Å². The number of ether oxygens (including phenoxy) is 4. The summed E-state index contributed by atoms with van der Waals surface area (Å²) in [5.41, 5.74) is 27.9. The smallest absolute Gasteiger partial charge is 0.280 e. The van der Waals surface area contributed by atoms with Crippen molar-refractivity contribution < 1.29 is 112 Å². The summed E-state index contributed by atoms with van der Waals surface area (Å²) < 4.78 is 114. The van der Waals surface area contributed by atoms with Gasteiger partial charge in [0.2, 0.25) is 5.95 Å². The molecule has 4 aromatic heterocycles. The predicted molar refractivity (Wildman–Crippen MR) is 203 cm³/mol. The van der Waals surface area contributed by atoms with Gasteiger partial charge in [-0.15, -0.1) is 0 Å². The molecule has 0 aromatic carbocycles. The summed E-state index contributed by atoms with van der Waals surface area (Å²) >= 11 is 0. The van der Waals surface area contributed by atoms with Crippen LogP contribution in [0.1, 0.15) is 25.3 Å². The molecule has 2 fully saturated rings. The lowest BCUT2D eigenvalue weighted by atomic mass is 10.2. The molecular formula is C22H28N16O25P6-6. The number of anilines is 2. The van der Waals surface area contributed by atoms with Gasteiger partial charge in [-0.2, -0.15) is 4.98 Å². The van der Waals surface area contributed by atoms with Crippen LogP contribution in [0, 0.1) is 0 Å². The molecule has 0 aliphatic carbocycles. The Morgan fingerprint density at radius 2 is 1.16 bits per heavy atom. The molecule has 2 aliphatic rings. The van der Waals surface area contributed by atoms with Gasteiger partial charge in [0.05, 0.1) is 38.1 Å². The molecule has 12 atom stereocenters. The number of hydrogen-bond donors (Lipinski definition) is 5. The zero-order valence-electron chi connectivity index (χ0n) is 33.4. The van der Waals surface area contributed by atoms with E-state index in [0.29, 0.717) is 0 Å². The zero-order valence-corrected chi connectivity index (χ0v) is 38.7. The van der Waals surface area contributed by atoms with Crippen molar-refractivity contribution in [2.24, 2.45) is 10.2 Å². The maximum absolute atomic E-state index is 12.0. The van der Waals surface area contributed by atoms with Crippen LogP contribution in [0.2, 0.25) is 0 Å². The highest BCUT2D eigenvalue weighted by Gasteiger charge is 2.41. The summed E-state index contributed by atoms with van der Waals surface area (Å²) in [7, 11) is -35.4. The van der Waals surface area contributed by atoms with Crippen molar-refractivity contribution in [3.63, 3.8) is 0 Å². The number of aromatic amines is 1. The van der Waals surface area contributed by atoms with Gasteiger partial charge in [-0.1, -0.05) is 10.2 Å². The molecule has 0 radical (unpaired) electrons. The lowest BCUT2D eigenvalue weighted by Gasteiger charge is -2.33. The third-order valence-electron chi connectivity index (χ3n) is 8.24. The number of nitrogens with zero attached hydrogens (tertiary/aromatic N) is 13. The van der Waals surface area contributed by atoms with Crippen molar-refractivity contribution in [2.75, 3.05) is 38.1 Å². The minimum Gasteiger partial charge on any atom is -0.756 e. The van der Waals surface area contributed by atoms with Crippen LogP contribution in [0.4, 0.5) is 11.8 Å². The van der Waals surface area contributed by atoms with E-state index in [4.69, 9.17) is 51.3 Å². The maximum Gasteiger partial charge on any atom is 0.280 e. The van der Waals surface area contributed by atoms with E-state index in [1.54, 1.807) is 0 Å². The number of phosphoric acid groups is 6. The number of nitrogens with one attached hydrogen (secondary N) is 1. The molecular weight excluding hydrogens is 1070 g/mol. The molecule has 69 heavy (non-hydrogen) atoms. The van der Waals surface area contributed by atoms with Crippen molar-refractivity contribution in [3.05, 3.63) is 50.2 Å². The quantitative estimate of drug-likeness (QED) is 0.0225. The fraction of sp³-hybridized carbons (Fsp3) is 0.545. The van der Waals surface area contributed by atoms with Crippen molar-refractivity contribution in [1.29, 1.82) is 0 Å². The first kappa shape index (κ1) is 55.7. The van der Waals surface area contributed by atoms with Gasteiger partial charge in [0.15, 0.2) is 22.6 Å². The Kier molecular flexibility index (Phi) is 18.1. The van der Waals surface area contributed by atoms with Gasteiger partial charge in [0, 0.05) is 22.7 Å².